The number of ether oxygens (including phenoxy) is 2. The molecule has 0 radical (unpaired) electrons. The number of amides is 1. The third-order valence-electron chi connectivity index (χ3n) is 5.86. The predicted octanol–water partition coefficient (Wildman–Crippen LogP) is 4.65. The lowest BCUT2D eigenvalue weighted by atomic mass is 10.2. The molecule has 1 amide bonds. The maximum absolute atomic E-state index is 12.7. The Kier molecular flexibility index (Phi) is 9.86. The molecule has 0 aromatic heterocycles. The van der Waals surface area contributed by atoms with E-state index in [4.69, 9.17) is 21.7 Å². The van der Waals surface area contributed by atoms with Crippen molar-refractivity contribution in [3.63, 3.8) is 0 Å². The monoisotopic (exact) mass is 617 g/mol. The molecule has 38 heavy (non-hydrogen) atoms. The summed E-state index contributed by atoms with van der Waals surface area (Å²) in [4.78, 5) is 12.8. The maximum Gasteiger partial charge on any atom is 0.257 e. The minimum absolute atomic E-state index is 0.0847. The van der Waals surface area contributed by atoms with Gasteiger partial charge in [0, 0.05) is 30.8 Å². The molecule has 0 spiro atoms. The van der Waals surface area contributed by atoms with Gasteiger partial charge in [0.15, 0.2) is 5.11 Å². The summed E-state index contributed by atoms with van der Waals surface area (Å²) in [7, 11) is -3.65. The van der Waals surface area contributed by atoms with Crippen molar-refractivity contribution in [2.45, 2.75) is 30.3 Å². The summed E-state index contributed by atoms with van der Waals surface area (Å²) in [6.45, 7) is 1.41. The molecule has 3 aromatic rings. The van der Waals surface area contributed by atoms with Crippen molar-refractivity contribution in [2.75, 3.05) is 25.1 Å². The lowest BCUT2D eigenvalue weighted by Crippen LogP contribution is -2.34. The molecule has 11 heteroatoms. The molecule has 200 valence electrons. The standard InChI is InChI=1S/C27H28BrN3O5S2/c28-24-17-20(8-13-25(24)36-16-14-19-5-2-1-3-6-19)26(32)31-27(37)30-21-9-11-23(12-10-21)38(33,34)29-18-22-7-4-15-35-22/h1-3,5-6,8-13,17,22,29H,4,7,14-16,18H2,(H2,30,31,32,37). The van der Waals surface area contributed by atoms with E-state index in [1.54, 1.807) is 30.3 Å². The highest BCUT2D eigenvalue weighted by Gasteiger charge is 2.20. The fraction of sp³-hybridized carbons (Fsp3) is 0.259. The topological polar surface area (TPSA) is 106 Å². The summed E-state index contributed by atoms with van der Waals surface area (Å²) >= 11 is 8.72. The van der Waals surface area contributed by atoms with E-state index in [0.29, 0.717) is 34.7 Å². The largest absolute Gasteiger partial charge is 0.492 e. The zero-order valence-corrected chi connectivity index (χ0v) is 23.7. The molecular formula is C27H28BrN3O5S2. The number of carbonyl (C=O) groups is 1. The van der Waals surface area contributed by atoms with Gasteiger partial charge >= 0.3 is 0 Å². The van der Waals surface area contributed by atoms with Gasteiger partial charge < -0.3 is 14.8 Å². The zero-order valence-electron chi connectivity index (χ0n) is 20.5. The second kappa shape index (κ2) is 13.3. The highest BCUT2D eigenvalue weighted by Crippen LogP contribution is 2.26. The van der Waals surface area contributed by atoms with Crippen LogP contribution < -0.4 is 20.1 Å². The lowest BCUT2D eigenvalue weighted by molar-refractivity contribution is 0.0977. The predicted molar refractivity (Wildman–Crippen MR) is 154 cm³/mol. The molecule has 1 aliphatic rings. The molecular weight excluding hydrogens is 590 g/mol. The second-order valence-electron chi connectivity index (χ2n) is 8.65. The first kappa shape index (κ1) is 28.2. The fourth-order valence-electron chi connectivity index (χ4n) is 3.83. The van der Waals surface area contributed by atoms with Gasteiger partial charge in [0.2, 0.25) is 10.0 Å². The molecule has 0 aliphatic carbocycles. The summed E-state index contributed by atoms with van der Waals surface area (Å²) in [5.74, 6) is 0.245. The van der Waals surface area contributed by atoms with Gasteiger partial charge in [-0.2, -0.15) is 0 Å². The molecule has 3 N–H and O–H groups in total. The van der Waals surface area contributed by atoms with Crippen molar-refractivity contribution in [3.8, 4) is 5.75 Å². The van der Waals surface area contributed by atoms with Crippen LogP contribution >= 0.6 is 28.1 Å². The summed E-state index contributed by atoms with van der Waals surface area (Å²) < 4.78 is 39.6. The number of rotatable bonds is 10. The van der Waals surface area contributed by atoms with Crippen LogP contribution in [0, 0.1) is 0 Å². The van der Waals surface area contributed by atoms with Gasteiger partial charge in [0.25, 0.3) is 5.91 Å². The quantitative estimate of drug-likeness (QED) is 0.284. The number of sulfonamides is 1. The molecule has 4 rings (SSSR count). The zero-order chi connectivity index (χ0) is 27.0. The van der Waals surface area contributed by atoms with Gasteiger partial charge in [-0.1, -0.05) is 30.3 Å². The van der Waals surface area contributed by atoms with E-state index in [-0.39, 0.29) is 22.7 Å². The van der Waals surface area contributed by atoms with Gasteiger partial charge in [-0.3, -0.25) is 10.1 Å². The van der Waals surface area contributed by atoms with Crippen molar-refractivity contribution in [1.29, 1.82) is 0 Å². The van der Waals surface area contributed by atoms with Gasteiger partial charge in [-0.25, -0.2) is 13.1 Å². The summed E-state index contributed by atoms with van der Waals surface area (Å²) in [5, 5.41) is 5.61. The Hall–Kier alpha value is -2.83. The average Bonchev–Trinajstić information content (AvgIpc) is 3.43. The minimum atomic E-state index is -3.65. The maximum atomic E-state index is 12.7. The average molecular weight is 619 g/mol. The number of thiocarbonyl (C=S) groups is 1. The molecule has 1 heterocycles. The van der Waals surface area contributed by atoms with Crippen LogP contribution in [0.5, 0.6) is 5.75 Å². The molecule has 8 nitrogen and oxygen atoms in total. The number of benzene rings is 3. The molecule has 1 unspecified atom stereocenters. The summed E-state index contributed by atoms with van der Waals surface area (Å²) in [6.07, 6.45) is 2.47. The summed E-state index contributed by atoms with van der Waals surface area (Å²) in [6, 6.07) is 21.2. The van der Waals surface area contributed by atoms with E-state index in [1.165, 1.54) is 17.7 Å². The fourth-order valence-corrected chi connectivity index (χ4v) is 5.60. The third kappa shape index (κ3) is 8.08. The van der Waals surface area contributed by atoms with Gasteiger partial charge in [-0.15, -0.1) is 0 Å². The van der Waals surface area contributed by atoms with E-state index in [1.807, 2.05) is 30.3 Å². The van der Waals surface area contributed by atoms with Crippen LogP contribution in [-0.4, -0.2) is 45.3 Å². The number of hydrogen-bond donors (Lipinski definition) is 3. The molecule has 1 aliphatic heterocycles. The van der Waals surface area contributed by atoms with Crippen LogP contribution in [0.3, 0.4) is 0 Å². The second-order valence-corrected chi connectivity index (χ2v) is 11.7. The van der Waals surface area contributed by atoms with Crippen molar-refractivity contribution < 1.29 is 22.7 Å². The van der Waals surface area contributed by atoms with Crippen LogP contribution in [0.2, 0.25) is 0 Å². The normalized spacial score (nSPS) is 15.1. The highest BCUT2D eigenvalue weighted by molar-refractivity contribution is 9.10. The number of nitrogens with one attached hydrogen (secondary N) is 3. The van der Waals surface area contributed by atoms with E-state index in [2.05, 4.69) is 31.3 Å². The van der Waals surface area contributed by atoms with Gasteiger partial charge in [0.05, 0.1) is 22.1 Å². The van der Waals surface area contributed by atoms with Crippen LogP contribution in [0.15, 0.2) is 82.2 Å². The molecule has 3 aromatic carbocycles. The van der Waals surface area contributed by atoms with Crippen LogP contribution in [-0.2, 0) is 21.2 Å². The number of anilines is 1. The SMILES string of the molecule is O=C(NC(=S)Nc1ccc(S(=O)(=O)NCC2CCCO2)cc1)c1ccc(OCCc2ccccc2)c(Br)c1. The van der Waals surface area contributed by atoms with Crippen LogP contribution in [0.25, 0.3) is 0 Å². The molecule has 0 saturated carbocycles. The van der Waals surface area contributed by atoms with E-state index < -0.39 is 15.9 Å². The highest BCUT2D eigenvalue weighted by atomic mass is 79.9. The van der Waals surface area contributed by atoms with Gasteiger partial charge in [-0.05, 0) is 89.0 Å². The van der Waals surface area contributed by atoms with Crippen molar-refractivity contribution in [1.82, 2.24) is 10.0 Å². The minimum Gasteiger partial charge on any atom is -0.492 e. The molecule has 1 fully saturated rings. The lowest BCUT2D eigenvalue weighted by Gasteiger charge is -2.13. The van der Waals surface area contributed by atoms with Crippen molar-refractivity contribution in [3.05, 3.63) is 88.4 Å². The van der Waals surface area contributed by atoms with Crippen LogP contribution in [0.1, 0.15) is 28.8 Å². The number of carbonyl (C=O) groups excluding carboxylic acids is 1. The molecule has 1 saturated heterocycles. The van der Waals surface area contributed by atoms with E-state index in [0.717, 1.165) is 19.3 Å². The Morgan fingerprint density at radius 2 is 1.84 bits per heavy atom. The first-order chi connectivity index (χ1) is 18.3. The first-order valence-electron chi connectivity index (χ1n) is 12.1. The first-order valence-corrected chi connectivity index (χ1v) is 14.8. The third-order valence-corrected chi connectivity index (χ3v) is 8.12. The Morgan fingerprint density at radius 1 is 1.08 bits per heavy atom. The Labute approximate surface area is 236 Å². The molecule has 1 atom stereocenters. The molecule has 0 bridgehead atoms. The smallest absolute Gasteiger partial charge is 0.257 e. The Balaban J connectivity index is 1.26. The van der Waals surface area contributed by atoms with Crippen LogP contribution in [0.4, 0.5) is 5.69 Å². The van der Waals surface area contributed by atoms with E-state index in [9.17, 15) is 13.2 Å². The Morgan fingerprint density at radius 3 is 2.53 bits per heavy atom. The van der Waals surface area contributed by atoms with Crippen molar-refractivity contribution in [2.24, 2.45) is 0 Å². The van der Waals surface area contributed by atoms with Crippen molar-refractivity contribution >= 4 is 54.9 Å². The Bertz CT molecular complexity index is 1360. The van der Waals surface area contributed by atoms with Gasteiger partial charge in [0.1, 0.15) is 5.75 Å². The number of hydrogen-bond acceptors (Lipinski definition) is 6. The number of halogens is 1. The summed E-state index contributed by atoms with van der Waals surface area (Å²) in [5.41, 5.74) is 2.12. The van der Waals surface area contributed by atoms with E-state index >= 15 is 0 Å².